The van der Waals surface area contributed by atoms with Crippen molar-refractivity contribution in [1.82, 2.24) is 20.1 Å². The van der Waals surface area contributed by atoms with E-state index in [4.69, 9.17) is 4.74 Å². The normalized spacial score (nSPS) is 29.4. The predicted molar refractivity (Wildman–Crippen MR) is 109 cm³/mol. The van der Waals surface area contributed by atoms with E-state index in [2.05, 4.69) is 10.3 Å². The fraction of sp³-hybridized carbons (Fsp3) is 0.636. The highest BCUT2D eigenvalue weighted by Gasteiger charge is 2.51. The Morgan fingerprint density at radius 3 is 2.93 bits per heavy atom. The van der Waals surface area contributed by atoms with Crippen molar-refractivity contribution in [3.63, 3.8) is 0 Å². The molecule has 3 amide bonds. The van der Waals surface area contributed by atoms with Crippen molar-refractivity contribution in [3.8, 4) is 0 Å². The molecule has 0 aromatic carbocycles. The van der Waals surface area contributed by atoms with E-state index in [9.17, 15) is 14.4 Å². The van der Waals surface area contributed by atoms with Crippen LogP contribution >= 0.6 is 0 Å². The Balaban J connectivity index is 1.54. The quantitative estimate of drug-likeness (QED) is 0.774. The minimum atomic E-state index is -0.490. The molecular formula is C22H30N4O4. The number of aromatic nitrogens is 1. The maximum atomic E-state index is 13.4. The summed E-state index contributed by atoms with van der Waals surface area (Å²) in [4.78, 5) is 46.2. The average molecular weight is 415 g/mol. The Hall–Kier alpha value is -2.48. The van der Waals surface area contributed by atoms with Crippen LogP contribution in [0.25, 0.3) is 0 Å². The summed E-state index contributed by atoms with van der Waals surface area (Å²) in [6.45, 7) is 2.40. The van der Waals surface area contributed by atoms with E-state index in [1.807, 2.05) is 23.1 Å². The molecule has 3 saturated heterocycles. The molecular weight excluding hydrogens is 384 g/mol. The monoisotopic (exact) mass is 414 g/mol. The van der Waals surface area contributed by atoms with Gasteiger partial charge in [-0.05, 0) is 25.0 Å². The van der Waals surface area contributed by atoms with Crippen molar-refractivity contribution in [2.24, 2.45) is 5.92 Å². The van der Waals surface area contributed by atoms with E-state index in [1.54, 1.807) is 18.2 Å². The number of nitrogens with one attached hydrogen (secondary N) is 1. The lowest BCUT2D eigenvalue weighted by molar-refractivity contribution is -0.135. The van der Waals surface area contributed by atoms with Crippen LogP contribution in [0.2, 0.25) is 0 Å². The highest BCUT2D eigenvalue weighted by Crippen LogP contribution is 2.41. The standard InChI is InChI=1S/C22H30N4O4/c1-30-11-10-25-13-16(12-20(25)28)21(29)26-14-17(18-6-3-5-9-23-18)22(15-26)8-4-2-7-19(27)24-22/h3,5-6,9,16-17H,2,4,7-8,10-15H2,1H3,(H,24,27)/t16-,17+,22-/m1/s1. The van der Waals surface area contributed by atoms with Gasteiger partial charge in [0.05, 0.1) is 18.1 Å². The van der Waals surface area contributed by atoms with Gasteiger partial charge >= 0.3 is 0 Å². The van der Waals surface area contributed by atoms with Crippen LogP contribution in [0.1, 0.15) is 43.7 Å². The van der Waals surface area contributed by atoms with Gasteiger partial charge in [0, 0.05) is 63.9 Å². The zero-order valence-electron chi connectivity index (χ0n) is 17.5. The van der Waals surface area contributed by atoms with E-state index >= 15 is 0 Å². The minimum absolute atomic E-state index is 0.000399. The number of nitrogens with zero attached hydrogens (tertiary/aromatic N) is 3. The fourth-order valence-corrected chi connectivity index (χ4v) is 5.16. The van der Waals surface area contributed by atoms with E-state index in [0.29, 0.717) is 39.2 Å². The molecule has 3 aliphatic heterocycles. The van der Waals surface area contributed by atoms with Gasteiger partial charge in [-0.2, -0.15) is 0 Å². The second-order valence-electron chi connectivity index (χ2n) is 8.67. The van der Waals surface area contributed by atoms with Crippen molar-refractivity contribution in [3.05, 3.63) is 30.1 Å². The number of carbonyl (C=O) groups is 3. The molecule has 4 heterocycles. The number of amides is 3. The minimum Gasteiger partial charge on any atom is -0.383 e. The Labute approximate surface area is 177 Å². The smallest absolute Gasteiger partial charge is 0.228 e. The molecule has 0 radical (unpaired) electrons. The summed E-state index contributed by atoms with van der Waals surface area (Å²) < 4.78 is 5.07. The molecule has 3 atom stereocenters. The maximum Gasteiger partial charge on any atom is 0.228 e. The molecule has 0 saturated carbocycles. The van der Waals surface area contributed by atoms with Crippen molar-refractivity contribution >= 4 is 17.7 Å². The van der Waals surface area contributed by atoms with E-state index in [-0.39, 0.29) is 36.0 Å². The van der Waals surface area contributed by atoms with Gasteiger partial charge in [0.15, 0.2) is 0 Å². The summed E-state index contributed by atoms with van der Waals surface area (Å²) in [6, 6.07) is 5.80. The molecule has 30 heavy (non-hydrogen) atoms. The molecule has 1 spiro atoms. The van der Waals surface area contributed by atoms with Gasteiger partial charge in [0.25, 0.3) is 0 Å². The summed E-state index contributed by atoms with van der Waals surface area (Å²) >= 11 is 0. The molecule has 8 heteroatoms. The number of rotatable bonds is 5. The lowest BCUT2D eigenvalue weighted by Gasteiger charge is -2.34. The first-order valence-electron chi connectivity index (χ1n) is 10.8. The van der Waals surface area contributed by atoms with Gasteiger partial charge in [-0.1, -0.05) is 12.5 Å². The lowest BCUT2D eigenvalue weighted by Crippen LogP contribution is -2.53. The Morgan fingerprint density at radius 1 is 1.30 bits per heavy atom. The highest BCUT2D eigenvalue weighted by molar-refractivity contribution is 5.89. The van der Waals surface area contributed by atoms with Crippen molar-refractivity contribution in [2.45, 2.75) is 43.6 Å². The van der Waals surface area contributed by atoms with Gasteiger partial charge in [0.1, 0.15) is 0 Å². The second-order valence-corrected chi connectivity index (χ2v) is 8.67. The summed E-state index contributed by atoms with van der Waals surface area (Å²) in [5, 5.41) is 3.26. The summed E-state index contributed by atoms with van der Waals surface area (Å²) in [5.74, 6) is -0.339. The molecule has 162 valence electrons. The molecule has 0 unspecified atom stereocenters. The number of ether oxygens (including phenoxy) is 1. The van der Waals surface area contributed by atoms with Crippen molar-refractivity contribution < 1.29 is 19.1 Å². The zero-order valence-corrected chi connectivity index (χ0v) is 17.5. The zero-order chi connectivity index (χ0) is 21.1. The van der Waals surface area contributed by atoms with Crippen LogP contribution in [-0.4, -0.2) is 77.9 Å². The SMILES string of the molecule is COCCN1C[C@H](C(=O)N2C[C@@H](c3ccccn3)[C@@]3(CCCCC(=O)N3)C2)CC1=O. The van der Waals surface area contributed by atoms with Gasteiger partial charge in [-0.25, -0.2) is 0 Å². The number of likely N-dealkylation sites (tertiary alicyclic amines) is 2. The van der Waals surface area contributed by atoms with Gasteiger partial charge < -0.3 is 19.9 Å². The third-order valence-corrected chi connectivity index (χ3v) is 6.69. The summed E-state index contributed by atoms with van der Waals surface area (Å²) in [6.07, 6.45) is 5.16. The second kappa shape index (κ2) is 8.71. The first kappa shape index (κ1) is 20.8. The Bertz CT molecular complexity index is 802. The topological polar surface area (TPSA) is 91.8 Å². The van der Waals surface area contributed by atoms with Crippen LogP contribution in [0.4, 0.5) is 0 Å². The molecule has 8 nitrogen and oxygen atoms in total. The Morgan fingerprint density at radius 2 is 2.17 bits per heavy atom. The van der Waals surface area contributed by atoms with E-state index in [0.717, 1.165) is 25.0 Å². The van der Waals surface area contributed by atoms with Gasteiger partial charge in [0.2, 0.25) is 17.7 Å². The van der Waals surface area contributed by atoms with Crippen LogP contribution < -0.4 is 5.32 Å². The number of hydrogen-bond donors (Lipinski definition) is 1. The highest BCUT2D eigenvalue weighted by atomic mass is 16.5. The number of carbonyl (C=O) groups excluding carboxylic acids is 3. The van der Waals surface area contributed by atoms with Crippen LogP contribution in [0, 0.1) is 5.92 Å². The van der Waals surface area contributed by atoms with Crippen LogP contribution in [-0.2, 0) is 19.1 Å². The molecule has 0 bridgehead atoms. The summed E-state index contributed by atoms with van der Waals surface area (Å²) in [7, 11) is 1.60. The van der Waals surface area contributed by atoms with Crippen LogP contribution in [0.3, 0.4) is 0 Å². The number of pyridine rings is 1. The largest absolute Gasteiger partial charge is 0.383 e. The number of hydrogen-bond acceptors (Lipinski definition) is 5. The Kier molecular flexibility index (Phi) is 6.04. The molecule has 1 N–H and O–H groups in total. The van der Waals surface area contributed by atoms with Crippen molar-refractivity contribution in [1.29, 1.82) is 0 Å². The van der Waals surface area contributed by atoms with E-state index in [1.165, 1.54) is 0 Å². The molecule has 1 aromatic heterocycles. The molecule has 4 rings (SSSR count). The van der Waals surface area contributed by atoms with Gasteiger partial charge in [-0.3, -0.25) is 19.4 Å². The number of methoxy groups -OCH3 is 1. The first-order valence-corrected chi connectivity index (χ1v) is 10.8. The first-order chi connectivity index (χ1) is 14.5. The average Bonchev–Trinajstić information content (AvgIpc) is 3.24. The molecule has 0 aliphatic carbocycles. The fourth-order valence-electron chi connectivity index (χ4n) is 5.16. The summed E-state index contributed by atoms with van der Waals surface area (Å²) in [5.41, 5.74) is 0.412. The third kappa shape index (κ3) is 4.05. The van der Waals surface area contributed by atoms with Crippen LogP contribution in [0.5, 0.6) is 0 Å². The lowest BCUT2D eigenvalue weighted by atomic mass is 9.81. The third-order valence-electron chi connectivity index (χ3n) is 6.69. The van der Waals surface area contributed by atoms with Crippen molar-refractivity contribution in [2.75, 3.05) is 39.9 Å². The van der Waals surface area contributed by atoms with Gasteiger partial charge in [-0.15, -0.1) is 0 Å². The predicted octanol–water partition coefficient (Wildman–Crippen LogP) is 0.931. The van der Waals surface area contributed by atoms with E-state index < -0.39 is 5.54 Å². The molecule has 1 aromatic rings. The molecule has 3 fully saturated rings. The molecule has 3 aliphatic rings. The van der Waals surface area contributed by atoms with Crippen LogP contribution in [0.15, 0.2) is 24.4 Å². The maximum absolute atomic E-state index is 13.4.